The lowest BCUT2D eigenvalue weighted by Crippen LogP contribution is -2.27. The van der Waals surface area contributed by atoms with Crippen molar-refractivity contribution in [2.24, 2.45) is 11.8 Å². The summed E-state index contributed by atoms with van der Waals surface area (Å²) >= 11 is 4.03. The van der Waals surface area contributed by atoms with Gasteiger partial charge in [0.25, 0.3) is 0 Å². The standard InChI is InChI=1S/C7H16O2S/c1-3-5(2)6(4-10)7(8)9/h5-10H,3-4H2,1-2H3. The molecule has 0 spiro atoms. The molecule has 0 aliphatic rings. The van der Waals surface area contributed by atoms with Crippen molar-refractivity contribution < 1.29 is 10.2 Å². The van der Waals surface area contributed by atoms with Gasteiger partial charge in [-0.1, -0.05) is 20.3 Å². The predicted molar refractivity (Wildman–Crippen MR) is 45.0 cm³/mol. The Kier molecular flexibility index (Phi) is 5.13. The van der Waals surface area contributed by atoms with Crippen LogP contribution in [0.1, 0.15) is 20.3 Å². The van der Waals surface area contributed by atoms with Crippen LogP contribution in [-0.2, 0) is 0 Å². The van der Waals surface area contributed by atoms with Gasteiger partial charge < -0.3 is 10.2 Å². The van der Waals surface area contributed by atoms with Crippen LogP contribution < -0.4 is 0 Å². The first kappa shape index (κ1) is 10.3. The van der Waals surface area contributed by atoms with Gasteiger partial charge in [-0.2, -0.15) is 12.6 Å². The molecule has 0 aliphatic heterocycles. The van der Waals surface area contributed by atoms with Crippen LogP contribution in [0.3, 0.4) is 0 Å². The van der Waals surface area contributed by atoms with Crippen LogP contribution in [0, 0.1) is 11.8 Å². The SMILES string of the molecule is CCC(C)C(CS)C(O)O. The van der Waals surface area contributed by atoms with Gasteiger partial charge in [0, 0.05) is 5.92 Å². The fourth-order valence-electron chi connectivity index (χ4n) is 0.871. The lowest BCUT2D eigenvalue weighted by molar-refractivity contribution is -0.0909. The molecule has 0 amide bonds. The van der Waals surface area contributed by atoms with Gasteiger partial charge in [0.2, 0.25) is 0 Å². The van der Waals surface area contributed by atoms with Crippen molar-refractivity contribution in [2.45, 2.75) is 26.6 Å². The molecule has 10 heavy (non-hydrogen) atoms. The maximum absolute atomic E-state index is 8.82. The highest BCUT2D eigenvalue weighted by atomic mass is 32.1. The lowest BCUT2D eigenvalue weighted by atomic mass is 9.93. The number of aliphatic hydroxyl groups excluding tert-OH is 1. The van der Waals surface area contributed by atoms with Gasteiger partial charge in [0.15, 0.2) is 6.29 Å². The average Bonchev–Trinajstić information content (AvgIpc) is 1.88. The molecule has 3 heteroatoms. The molecule has 2 N–H and O–H groups in total. The van der Waals surface area contributed by atoms with Gasteiger partial charge in [-0.15, -0.1) is 0 Å². The van der Waals surface area contributed by atoms with E-state index in [-0.39, 0.29) is 5.92 Å². The Morgan fingerprint density at radius 2 is 1.90 bits per heavy atom. The first-order valence-electron chi connectivity index (χ1n) is 3.60. The molecule has 0 saturated heterocycles. The maximum atomic E-state index is 8.82. The molecule has 0 aliphatic carbocycles. The Labute approximate surface area is 67.7 Å². The zero-order chi connectivity index (χ0) is 8.15. The van der Waals surface area contributed by atoms with E-state index < -0.39 is 6.29 Å². The van der Waals surface area contributed by atoms with E-state index in [2.05, 4.69) is 12.6 Å². The molecule has 0 bridgehead atoms. The number of thiol groups is 1. The summed E-state index contributed by atoms with van der Waals surface area (Å²) in [5.41, 5.74) is 0. The van der Waals surface area contributed by atoms with Gasteiger partial charge in [-0.3, -0.25) is 0 Å². The van der Waals surface area contributed by atoms with E-state index in [9.17, 15) is 0 Å². The first-order valence-corrected chi connectivity index (χ1v) is 4.23. The van der Waals surface area contributed by atoms with Crippen LogP contribution in [0.5, 0.6) is 0 Å². The van der Waals surface area contributed by atoms with Crippen molar-refractivity contribution in [1.29, 1.82) is 0 Å². The van der Waals surface area contributed by atoms with E-state index in [0.717, 1.165) is 6.42 Å². The normalized spacial score (nSPS) is 17.4. The summed E-state index contributed by atoms with van der Waals surface area (Å²) in [5, 5.41) is 17.6. The minimum absolute atomic E-state index is 0.0895. The van der Waals surface area contributed by atoms with Crippen molar-refractivity contribution >= 4 is 12.6 Å². The van der Waals surface area contributed by atoms with E-state index in [1.165, 1.54) is 0 Å². The van der Waals surface area contributed by atoms with Gasteiger partial charge >= 0.3 is 0 Å². The van der Waals surface area contributed by atoms with Crippen LogP contribution in [0.2, 0.25) is 0 Å². The first-order chi connectivity index (χ1) is 4.63. The zero-order valence-corrected chi connectivity index (χ0v) is 7.38. The highest BCUT2D eigenvalue weighted by Crippen LogP contribution is 2.18. The minimum Gasteiger partial charge on any atom is -0.368 e. The van der Waals surface area contributed by atoms with Crippen LogP contribution >= 0.6 is 12.6 Å². The van der Waals surface area contributed by atoms with Crippen molar-refractivity contribution in [3.63, 3.8) is 0 Å². The van der Waals surface area contributed by atoms with Crippen LogP contribution in [-0.4, -0.2) is 22.3 Å². The third kappa shape index (κ3) is 2.90. The van der Waals surface area contributed by atoms with E-state index in [1.54, 1.807) is 0 Å². The number of hydrogen-bond acceptors (Lipinski definition) is 3. The summed E-state index contributed by atoms with van der Waals surface area (Å²) in [5.74, 6) is 0.776. The molecule has 2 atom stereocenters. The topological polar surface area (TPSA) is 40.5 Å². The predicted octanol–water partition coefficient (Wildman–Crippen LogP) is 0.889. The van der Waals surface area contributed by atoms with Gasteiger partial charge in [-0.25, -0.2) is 0 Å². The Hall–Kier alpha value is 0.270. The third-order valence-corrected chi connectivity index (χ3v) is 2.39. The molecule has 0 fully saturated rings. The van der Waals surface area contributed by atoms with E-state index in [0.29, 0.717) is 11.7 Å². The molecule has 0 aromatic carbocycles. The van der Waals surface area contributed by atoms with Crippen LogP contribution in [0.25, 0.3) is 0 Å². The van der Waals surface area contributed by atoms with Gasteiger partial charge in [-0.05, 0) is 11.7 Å². The molecule has 0 aromatic heterocycles. The van der Waals surface area contributed by atoms with Crippen molar-refractivity contribution in [3.8, 4) is 0 Å². The van der Waals surface area contributed by atoms with Gasteiger partial charge in [0.05, 0.1) is 0 Å². The summed E-state index contributed by atoms with van der Waals surface area (Å²) in [6.45, 7) is 4.03. The molecule has 0 heterocycles. The molecular formula is C7H16O2S. The fourth-order valence-corrected chi connectivity index (χ4v) is 1.42. The zero-order valence-electron chi connectivity index (χ0n) is 6.49. The third-order valence-electron chi connectivity index (χ3n) is 1.97. The summed E-state index contributed by atoms with van der Waals surface area (Å²) in [6.07, 6.45) is -0.254. The minimum atomic E-state index is -1.22. The van der Waals surface area contributed by atoms with Crippen molar-refractivity contribution in [1.82, 2.24) is 0 Å². The second-order valence-corrected chi connectivity index (χ2v) is 3.01. The molecule has 0 aromatic rings. The largest absolute Gasteiger partial charge is 0.368 e. The Bertz CT molecular complexity index is 85.7. The molecular weight excluding hydrogens is 148 g/mol. The monoisotopic (exact) mass is 164 g/mol. The van der Waals surface area contributed by atoms with E-state index >= 15 is 0 Å². The quantitative estimate of drug-likeness (QED) is 0.426. The summed E-state index contributed by atoms with van der Waals surface area (Å²) in [4.78, 5) is 0. The summed E-state index contributed by atoms with van der Waals surface area (Å²) in [6, 6.07) is 0. The van der Waals surface area contributed by atoms with Crippen LogP contribution in [0.4, 0.5) is 0 Å². The molecule has 2 nitrogen and oxygen atoms in total. The van der Waals surface area contributed by atoms with E-state index in [1.807, 2.05) is 13.8 Å². The van der Waals surface area contributed by atoms with Crippen LogP contribution in [0.15, 0.2) is 0 Å². The summed E-state index contributed by atoms with van der Waals surface area (Å²) in [7, 11) is 0. The highest BCUT2D eigenvalue weighted by Gasteiger charge is 2.20. The smallest absolute Gasteiger partial charge is 0.155 e. The fraction of sp³-hybridized carbons (Fsp3) is 1.00. The Morgan fingerprint density at radius 1 is 1.40 bits per heavy atom. The molecule has 2 unspecified atom stereocenters. The maximum Gasteiger partial charge on any atom is 0.155 e. The second-order valence-electron chi connectivity index (χ2n) is 2.65. The number of aliphatic hydroxyl groups is 2. The van der Waals surface area contributed by atoms with Gasteiger partial charge in [0.1, 0.15) is 0 Å². The second kappa shape index (κ2) is 4.99. The molecule has 0 saturated carbocycles. The Morgan fingerprint density at radius 3 is 2.00 bits per heavy atom. The average molecular weight is 164 g/mol. The molecule has 0 radical (unpaired) electrons. The molecule has 62 valence electrons. The van der Waals surface area contributed by atoms with E-state index in [4.69, 9.17) is 10.2 Å². The van der Waals surface area contributed by atoms with Crippen molar-refractivity contribution in [2.75, 3.05) is 5.75 Å². The molecule has 0 rings (SSSR count). The number of rotatable bonds is 4. The highest BCUT2D eigenvalue weighted by molar-refractivity contribution is 7.80. The number of hydrogen-bond donors (Lipinski definition) is 3. The lowest BCUT2D eigenvalue weighted by Gasteiger charge is -2.22. The van der Waals surface area contributed by atoms with Crippen molar-refractivity contribution in [3.05, 3.63) is 0 Å². The summed E-state index contributed by atoms with van der Waals surface area (Å²) < 4.78 is 0. The Balaban J connectivity index is 3.80.